The normalized spacial score (nSPS) is 18.1. The van der Waals surface area contributed by atoms with E-state index in [9.17, 15) is 14.3 Å². The third-order valence-corrected chi connectivity index (χ3v) is 4.14. The van der Waals surface area contributed by atoms with Crippen LogP contribution in [-0.4, -0.2) is 23.7 Å². The summed E-state index contributed by atoms with van der Waals surface area (Å²) in [5.41, 5.74) is 0.139. The van der Waals surface area contributed by atoms with Crippen LogP contribution in [0.25, 0.3) is 0 Å². The average Bonchev–Trinajstić information content (AvgIpc) is 2.35. The molecule has 0 aliphatic heterocycles. The van der Waals surface area contributed by atoms with Gasteiger partial charge in [-0.05, 0) is 37.0 Å². The van der Waals surface area contributed by atoms with Gasteiger partial charge in [0.2, 0.25) is 5.91 Å². The van der Waals surface area contributed by atoms with Crippen LogP contribution in [0.15, 0.2) is 24.3 Å². The van der Waals surface area contributed by atoms with Crippen molar-refractivity contribution in [3.05, 3.63) is 35.6 Å². The van der Waals surface area contributed by atoms with Gasteiger partial charge >= 0.3 is 0 Å². The average molecular weight is 279 g/mol. The maximum absolute atomic E-state index is 13.4. The molecule has 1 unspecified atom stereocenters. The van der Waals surface area contributed by atoms with Crippen molar-refractivity contribution < 1.29 is 14.3 Å². The summed E-state index contributed by atoms with van der Waals surface area (Å²) in [5, 5.41) is 12.5. The second-order valence-corrected chi connectivity index (χ2v) is 5.60. The van der Waals surface area contributed by atoms with Crippen molar-refractivity contribution in [3.8, 4) is 0 Å². The van der Waals surface area contributed by atoms with Crippen molar-refractivity contribution in [2.75, 3.05) is 6.54 Å². The second kappa shape index (κ2) is 6.35. The fraction of sp³-hybridized carbons (Fsp3) is 0.562. The molecule has 110 valence electrons. The first kappa shape index (κ1) is 15.0. The van der Waals surface area contributed by atoms with Gasteiger partial charge in [-0.15, -0.1) is 0 Å². The zero-order valence-electron chi connectivity index (χ0n) is 11.9. The number of hydrogen-bond acceptors (Lipinski definition) is 2. The van der Waals surface area contributed by atoms with Gasteiger partial charge in [0.05, 0.1) is 11.5 Å². The van der Waals surface area contributed by atoms with Crippen LogP contribution in [0.1, 0.15) is 44.6 Å². The highest BCUT2D eigenvalue weighted by atomic mass is 19.1. The predicted molar refractivity (Wildman–Crippen MR) is 75.9 cm³/mol. The molecule has 0 bridgehead atoms. The smallest absolute Gasteiger partial charge is 0.230 e. The molecule has 1 aliphatic carbocycles. The standard InChI is InChI=1S/C16H22FNO2/c1-2-5-14(19)11-18-15(20)16(8-4-9-16)12-6-3-7-13(17)10-12/h3,6-7,10,14,19H,2,4-5,8-9,11H2,1H3,(H,18,20). The molecule has 1 fully saturated rings. The molecular formula is C16H22FNO2. The van der Waals surface area contributed by atoms with E-state index in [2.05, 4.69) is 5.32 Å². The van der Waals surface area contributed by atoms with Crippen molar-refractivity contribution in [3.63, 3.8) is 0 Å². The molecule has 1 atom stereocenters. The first-order chi connectivity index (χ1) is 9.58. The Kier molecular flexibility index (Phi) is 4.76. The van der Waals surface area contributed by atoms with Crippen molar-refractivity contribution in [1.82, 2.24) is 5.32 Å². The largest absolute Gasteiger partial charge is 0.391 e. The summed E-state index contributed by atoms with van der Waals surface area (Å²) >= 11 is 0. The first-order valence-corrected chi connectivity index (χ1v) is 7.31. The van der Waals surface area contributed by atoms with Crippen LogP contribution in [0, 0.1) is 5.82 Å². The molecule has 2 rings (SSSR count). The molecule has 1 aromatic carbocycles. The predicted octanol–water partition coefficient (Wildman–Crippen LogP) is 2.52. The Labute approximate surface area is 119 Å². The quantitative estimate of drug-likeness (QED) is 0.840. The van der Waals surface area contributed by atoms with Crippen LogP contribution in [0.3, 0.4) is 0 Å². The van der Waals surface area contributed by atoms with E-state index < -0.39 is 11.5 Å². The fourth-order valence-electron chi connectivity index (χ4n) is 2.78. The Morgan fingerprint density at radius 3 is 2.80 bits per heavy atom. The van der Waals surface area contributed by atoms with Crippen molar-refractivity contribution in [2.24, 2.45) is 0 Å². The molecule has 1 saturated carbocycles. The number of halogens is 1. The van der Waals surface area contributed by atoms with Crippen LogP contribution in [-0.2, 0) is 10.2 Å². The third-order valence-electron chi connectivity index (χ3n) is 4.14. The summed E-state index contributed by atoms with van der Waals surface area (Å²) in [6, 6.07) is 6.29. The molecule has 4 heteroatoms. The van der Waals surface area contributed by atoms with E-state index in [1.807, 2.05) is 13.0 Å². The molecule has 3 nitrogen and oxygen atoms in total. The van der Waals surface area contributed by atoms with Gasteiger partial charge in [0.25, 0.3) is 0 Å². The lowest BCUT2D eigenvalue weighted by Gasteiger charge is -2.41. The molecule has 1 aliphatic rings. The Hall–Kier alpha value is -1.42. The third kappa shape index (κ3) is 3.01. The van der Waals surface area contributed by atoms with Gasteiger partial charge in [-0.25, -0.2) is 4.39 Å². The van der Waals surface area contributed by atoms with Crippen molar-refractivity contribution in [2.45, 2.75) is 50.5 Å². The summed E-state index contributed by atoms with van der Waals surface area (Å²) in [6.07, 6.45) is 3.51. The molecule has 1 amide bonds. The Bertz CT molecular complexity index is 471. The van der Waals surface area contributed by atoms with Crippen LogP contribution in [0.5, 0.6) is 0 Å². The minimum absolute atomic E-state index is 0.0931. The molecule has 20 heavy (non-hydrogen) atoms. The molecule has 0 aromatic heterocycles. The highest BCUT2D eigenvalue weighted by Gasteiger charge is 2.45. The number of hydrogen-bond donors (Lipinski definition) is 2. The fourth-order valence-corrected chi connectivity index (χ4v) is 2.78. The number of carbonyl (C=O) groups is 1. The summed E-state index contributed by atoms with van der Waals surface area (Å²) in [6.45, 7) is 2.26. The number of aliphatic hydroxyl groups excluding tert-OH is 1. The van der Waals surface area contributed by atoms with E-state index in [0.29, 0.717) is 6.42 Å². The van der Waals surface area contributed by atoms with E-state index >= 15 is 0 Å². The van der Waals surface area contributed by atoms with Gasteiger partial charge in [0.15, 0.2) is 0 Å². The zero-order chi connectivity index (χ0) is 14.6. The van der Waals surface area contributed by atoms with Gasteiger partial charge in [-0.2, -0.15) is 0 Å². The van der Waals surface area contributed by atoms with E-state index in [4.69, 9.17) is 0 Å². The van der Waals surface area contributed by atoms with Crippen LogP contribution < -0.4 is 5.32 Å². The van der Waals surface area contributed by atoms with E-state index in [-0.39, 0.29) is 18.3 Å². The molecule has 0 heterocycles. The molecule has 2 N–H and O–H groups in total. The highest BCUT2D eigenvalue weighted by Crippen LogP contribution is 2.44. The number of aliphatic hydroxyl groups is 1. The topological polar surface area (TPSA) is 49.3 Å². The maximum Gasteiger partial charge on any atom is 0.230 e. The molecule has 0 saturated heterocycles. The Morgan fingerprint density at radius 2 is 2.25 bits per heavy atom. The summed E-state index contributed by atoms with van der Waals surface area (Å²) in [7, 11) is 0. The van der Waals surface area contributed by atoms with E-state index in [0.717, 1.165) is 31.2 Å². The zero-order valence-corrected chi connectivity index (χ0v) is 11.9. The van der Waals surface area contributed by atoms with Gasteiger partial charge in [-0.3, -0.25) is 4.79 Å². The number of carbonyl (C=O) groups excluding carboxylic acids is 1. The number of rotatable bonds is 6. The van der Waals surface area contributed by atoms with Crippen LogP contribution >= 0.6 is 0 Å². The number of amides is 1. The first-order valence-electron chi connectivity index (χ1n) is 7.31. The Balaban J connectivity index is 2.05. The lowest BCUT2D eigenvalue weighted by Crippen LogP contribution is -2.50. The lowest BCUT2D eigenvalue weighted by atomic mass is 9.64. The molecule has 0 spiro atoms. The molecular weight excluding hydrogens is 257 g/mol. The molecule has 1 aromatic rings. The van der Waals surface area contributed by atoms with Crippen molar-refractivity contribution >= 4 is 5.91 Å². The summed E-state index contributed by atoms with van der Waals surface area (Å²) in [5.74, 6) is -0.405. The lowest BCUT2D eigenvalue weighted by molar-refractivity contribution is -0.130. The molecule has 0 radical (unpaired) electrons. The van der Waals surface area contributed by atoms with Gasteiger partial charge in [0, 0.05) is 6.54 Å². The summed E-state index contributed by atoms with van der Waals surface area (Å²) in [4.78, 5) is 12.4. The van der Waals surface area contributed by atoms with Crippen LogP contribution in [0.4, 0.5) is 4.39 Å². The SMILES string of the molecule is CCCC(O)CNC(=O)C1(c2cccc(F)c2)CCC1. The van der Waals surface area contributed by atoms with Gasteiger partial charge < -0.3 is 10.4 Å². The second-order valence-electron chi connectivity index (χ2n) is 5.60. The minimum Gasteiger partial charge on any atom is -0.391 e. The number of nitrogens with one attached hydrogen (secondary N) is 1. The maximum atomic E-state index is 13.4. The minimum atomic E-state index is -0.603. The van der Waals surface area contributed by atoms with E-state index in [1.165, 1.54) is 12.1 Å². The van der Waals surface area contributed by atoms with Crippen molar-refractivity contribution in [1.29, 1.82) is 0 Å². The monoisotopic (exact) mass is 279 g/mol. The van der Waals surface area contributed by atoms with Gasteiger partial charge in [-0.1, -0.05) is 31.9 Å². The highest BCUT2D eigenvalue weighted by molar-refractivity contribution is 5.89. The van der Waals surface area contributed by atoms with Gasteiger partial charge in [0.1, 0.15) is 5.82 Å². The Morgan fingerprint density at radius 1 is 1.50 bits per heavy atom. The number of benzene rings is 1. The van der Waals surface area contributed by atoms with E-state index in [1.54, 1.807) is 6.07 Å². The van der Waals surface area contributed by atoms with Crippen LogP contribution in [0.2, 0.25) is 0 Å². The summed E-state index contributed by atoms with van der Waals surface area (Å²) < 4.78 is 13.4.